The fourth-order valence-corrected chi connectivity index (χ4v) is 1.79. The zero-order valence-electron chi connectivity index (χ0n) is 9.36. The van der Waals surface area contributed by atoms with Crippen molar-refractivity contribution in [1.82, 2.24) is 5.32 Å². The molecular formula is C12H19NO2. The van der Waals surface area contributed by atoms with E-state index >= 15 is 0 Å². The van der Waals surface area contributed by atoms with Crippen LogP contribution in [0.5, 0.6) is 0 Å². The predicted octanol–water partition coefficient (Wildman–Crippen LogP) is 2.01. The number of aryl methyl sites for hydroxylation is 1. The maximum absolute atomic E-state index is 9.83. The van der Waals surface area contributed by atoms with E-state index < -0.39 is 6.10 Å². The highest BCUT2D eigenvalue weighted by atomic mass is 16.4. The van der Waals surface area contributed by atoms with Crippen LogP contribution >= 0.6 is 0 Å². The summed E-state index contributed by atoms with van der Waals surface area (Å²) in [5.74, 6) is 2.32. The van der Waals surface area contributed by atoms with E-state index in [2.05, 4.69) is 12.2 Å². The molecule has 2 rings (SSSR count). The summed E-state index contributed by atoms with van der Waals surface area (Å²) in [6, 6.07) is 4.22. The first kappa shape index (κ1) is 10.7. The van der Waals surface area contributed by atoms with E-state index in [1.807, 2.05) is 19.1 Å². The van der Waals surface area contributed by atoms with Crippen molar-refractivity contribution in [2.75, 3.05) is 6.54 Å². The van der Waals surface area contributed by atoms with Crippen molar-refractivity contribution < 1.29 is 9.52 Å². The molecule has 0 amide bonds. The molecule has 3 nitrogen and oxygen atoms in total. The van der Waals surface area contributed by atoms with Gasteiger partial charge in [0.2, 0.25) is 0 Å². The fourth-order valence-electron chi connectivity index (χ4n) is 1.79. The van der Waals surface area contributed by atoms with Crippen LogP contribution in [0.4, 0.5) is 0 Å². The molecule has 0 saturated heterocycles. The minimum atomic E-state index is -0.528. The van der Waals surface area contributed by atoms with Gasteiger partial charge in [0.25, 0.3) is 0 Å². The molecule has 1 aliphatic rings. The second-order valence-corrected chi connectivity index (χ2v) is 4.50. The predicted molar refractivity (Wildman–Crippen MR) is 58.6 cm³/mol. The highest BCUT2D eigenvalue weighted by Crippen LogP contribution is 2.32. The Hall–Kier alpha value is -0.800. The first-order valence-electron chi connectivity index (χ1n) is 5.64. The van der Waals surface area contributed by atoms with Gasteiger partial charge in [-0.05, 0) is 44.7 Å². The summed E-state index contributed by atoms with van der Waals surface area (Å²) in [6.07, 6.45) is 2.12. The molecule has 1 aromatic heterocycles. The molecule has 1 aliphatic carbocycles. The van der Waals surface area contributed by atoms with Crippen molar-refractivity contribution in [3.63, 3.8) is 0 Å². The van der Waals surface area contributed by atoms with Crippen LogP contribution in [0, 0.1) is 12.8 Å². The number of hydrogen-bond donors (Lipinski definition) is 2. The van der Waals surface area contributed by atoms with Crippen LogP contribution in [-0.2, 0) is 0 Å². The quantitative estimate of drug-likeness (QED) is 0.779. The summed E-state index contributed by atoms with van der Waals surface area (Å²) in [4.78, 5) is 0. The lowest BCUT2D eigenvalue weighted by Crippen LogP contribution is -2.31. The SMILES string of the molecule is Cc1ccc(C(O)CNC(C)C2CC2)o1. The zero-order chi connectivity index (χ0) is 10.8. The number of hydrogen-bond acceptors (Lipinski definition) is 3. The summed E-state index contributed by atoms with van der Waals surface area (Å²) >= 11 is 0. The smallest absolute Gasteiger partial charge is 0.133 e. The van der Waals surface area contributed by atoms with E-state index in [9.17, 15) is 5.11 Å². The maximum atomic E-state index is 9.83. The number of aliphatic hydroxyl groups is 1. The van der Waals surface area contributed by atoms with E-state index in [1.165, 1.54) is 12.8 Å². The summed E-state index contributed by atoms with van der Waals surface area (Å²) in [6.45, 7) is 4.64. The Kier molecular flexibility index (Phi) is 3.12. The van der Waals surface area contributed by atoms with E-state index in [0.29, 0.717) is 18.3 Å². The van der Waals surface area contributed by atoms with E-state index in [1.54, 1.807) is 0 Å². The molecule has 0 spiro atoms. The Balaban J connectivity index is 1.78. The lowest BCUT2D eigenvalue weighted by Gasteiger charge is -2.15. The van der Waals surface area contributed by atoms with Gasteiger partial charge >= 0.3 is 0 Å². The van der Waals surface area contributed by atoms with Gasteiger partial charge in [0, 0.05) is 12.6 Å². The second-order valence-electron chi connectivity index (χ2n) is 4.50. The fraction of sp³-hybridized carbons (Fsp3) is 0.667. The van der Waals surface area contributed by atoms with Crippen LogP contribution < -0.4 is 5.32 Å². The maximum Gasteiger partial charge on any atom is 0.133 e. The molecule has 1 aromatic rings. The summed E-state index contributed by atoms with van der Waals surface area (Å²) < 4.78 is 5.36. The van der Waals surface area contributed by atoms with Gasteiger partial charge in [-0.15, -0.1) is 0 Å². The minimum Gasteiger partial charge on any atom is -0.464 e. The average Bonchev–Trinajstić information content (AvgIpc) is 2.97. The highest BCUT2D eigenvalue weighted by molar-refractivity contribution is 5.08. The molecule has 2 N–H and O–H groups in total. The molecule has 2 atom stereocenters. The molecule has 0 aliphatic heterocycles. The Morgan fingerprint density at radius 1 is 1.53 bits per heavy atom. The average molecular weight is 209 g/mol. The number of rotatable bonds is 5. The van der Waals surface area contributed by atoms with Crippen LogP contribution in [0.15, 0.2) is 16.5 Å². The topological polar surface area (TPSA) is 45.4 Å². The Bertz CT molecular complexity index is 317. The Morgan fingerprint density at radius 2 is 2.27 bits per heavy atom. The van der Waals surface area contributed by atoms with Crippen molar-refractivity contribution in [2.45, 2.75) is 38.8 Å². The Morgan fingerprint density at radius 3 is 2.80 bits per heavy atom. The number of nitrogens with one attached hydrogen (secondary N) is 1. The molecule has 2 unspecified atom stereocenters. The van der Waals surface area contributed by atoms with Crippen LogP contribution in [0.3, 0.4) is 0 Å². The molecule has 0 radical (unpaired) electrons. The van der Waals surface area contributed by atoms with Crippen LogP contribution in [0.1, 0.15) is 37.4 Å². The van der Waals surface area contributed by atoms with E-state index in [-0.39, 0.29) is 0 Å². The largest absolute Gasteiger partial charge is 0.464 e. The van der Waals surface area contributed by atoms with Gasteiger partial charge in [-0.25, -0.2) is 0 Å². The van der Waals surface area contributed by atoms with E-state index in [4.69, 9.17) is 4.42 Å². The molecule has 0 bridgehead atoms. The minimum absolute atomic E-state index is 0.510. The zero-order valence-corrected chi connectivity index (χ0v) is 9.36. The highest BCUT2D eigenvalue weighted by Gasteiger charge is 2.28. The van der Waals surface area contributed by atoms with Crippen LogP contribution in [0.25, 0.3) is 0 Å². The normalized spacial score (nSPS) is 20.2. The first-order chi connectivity index (χ1) is 7.16. The lowest BCUT2D eigenvalue weighted by atomic mass is 10.2. The summed E-state index contributed by atoms with van der Waals surface area (Å²) in [5, 5.41) is 13.2. The lowest BCUT2D eigenvalue weighted by molar-refractivity contribution is 0.141. The van der Waals surface area contributed by atoms with Gasteiger partial charge < -0.3 is 14.8 Å². The van der Waals surface area contributed by atoms with Crippen molar-refractivity contribution in [3.05, 3.63) is 23.7 Å². The van der Waals surface area contributed by atoms with Gasteiger partial charge in [0.1, 0.15) is 17.6 Å². The van der Waals surface area contributed by atoms with Gasteiger partial charge in [0.15, 0.2) is 0 Å². The molecule has 1 saturated carbocycles. The van der Waals surface area contributed by atoms with Crippen LogP contribution in [-0.4, -0.2) is 17.7 Å². The van der Waals surface area contributed by atoms with Gasteiger partial charge in [-0.2, -0.15) is 0 Å². The molecular weight excluding hydrogens is 190 g/mol. The van der Waals surface area contributed by atoms with E-state index in [0.717, 1.165) is 11.7 Å². The van der Waals surface area contributed by atoms with Gasteiger partial charge in [-0.1, -0.05) is 0 Å². The van der Waals surface area contributed by atoms with Crippen molar-refractivity contribution in [1.29, 1.82) is 0 Å². The van der Waals surface area contributed by atoms with Crippen molar-refractivity contribution in [2.24, 2.45) is 5.92 Å². The third-order valence-corrected chi connectivity index (χ3v) is 3.05. The van der Waals surface area contributed by atoms with Gasteiger partial charge in [-0.3, -0.25) is 0 Å². The molecule has 1 heterocycles. The van der Waals surface area contributed by atoms with Crippen molar-refractivity contribution in [3.8, 4) is 0 Å². The van der Waals surface area contributed by atoms with Crippen LogP contribution in [0.2, 0.25) is 0 Å². The molecule has 15 heavy (non-hydrogen) atoms. The summed E-state index contributed by atoms with van der Waals surface area (Å²) in [5.41, 5.74) is 0. The molecule has 3 heteroatoms. The van der Waals surface area contributed by atoms with Crippen molar-refractivity contribution >= 4 is 0 Å². The second kappa shape index (κ2) is 4.37. The monoisotopic (exact) mass is 209 g/mol. The number of aliphatic hydroxyl groups excluding tert-OH is 1. The molecule has 0 aromatic carbocycles. The third-order valence-electron chi connectivity index (χ3n) is 3.05. The van der Waals surface area contributed by atoms with Gasteiger partial charge in [0.05, 0.1) is 0 Å². The standard InChI is InChI=1S/C12H19NO2/c1-8-3-6-12(15-8)11(14)7-13-9(2)10-4-5-10/h3,6,9-11,13-14H,4-5,7H2,1-2H3. The number of furan rings is 1. The third kappa shape index (κ3) is 2.83. The molecule has 1 fully saturated rings. The summed E-state index contributed by atoms with van der Waals surface area (Å²) in [7, 11) is 0. The molecule has 84 valence electrons. The first-order valence-corrected chi connectivity index (χ1v) is 5.64. The Labute approximate surface area is 90.5 Å².